The summed E-state index contributed by atoms with van der Waals surface area (Å²) in [5.41, 5.74) is 2.96. The minimum absolute atomic E-state index is 0.00712. The molecule has 4 nitrogen and oxygen atoms in total. The molecule has 0 aliphatic carbocycles. The Bertz CT molecular complexity index is 1140. The van der Waals surface area contributed by atoms with Crippen molar-refractivity contribution >= 4 is 23.2 Å². The molecule has 0 N–H and O–H groups in total. The maximum atomic E-state index is 13.8. The van der Waals surface area contributed by atoms with Gasteiger partial charge >= 0.3 is 0 Å². The van der Waals surface area contributed by atoms with Crippen LogP contribution >= 0.6 is 11.3 Å². The number of carbonyl (C=O) groups is 2. The van der Waals surface area contributed by atoms with Crippen molar-refractivity contribution in [1.29, 1.82) is 0 Å². The molecule has 2 heterocycles. The van der Waals surface area contributed by atoms with Gasteiger partial charge in [-0.05, 0) is 59.0 Å². The van der Waals surface area contributed by atoms with Crippen molar-refractivity contribution in [1.82, 2.24) is 9.80 Å². The van der Waals surface area contributed by atoms with E-state index < -0.39 is 0 Å². The molecule has 0 bridgehead atoms. The van der Waals surface area contributed by atoms with Crippen LogP contribution in [0.1, 0.15) is 60.7 Å². The summed E-state index contributed by atoms with van der Waals surface area (Å²) in [4.78, 5) is 32.3. The van der Waals surface area contributed by atoms with E-state index in [0.29, 0.717) is 19.5 Å². The van der Waals surface area contributed by atoms with E-state index in [1.807, 2.05) is 42.2 Å². The first-order valence-corrected chi connectivity index (χ1v) is 13.2. The molecule has 2 atom stereocenters. The molecule has 1 aliphatic rings. The number of rotatable bonds is 8. The summed E-state index contributed by atoms with van der Waals surface area (Å²) in [5, 5.41) is 2.05. The normalized spacial score (nSPS) is 16.1. The van der Waals surface area contributed by atoms with E-state index >= 15 is 0 Å². The van der Waals surface area contributed by atoms with Crippen molar-refractivity contribution in [2.24, 2.45) is 5.92 Å². The topological polar surface area (TPSA) is 40.6 Å². The molecule has 4 rings (SSSR count). The number of amides is 2. The number of carbonyl (C=O) groups excluding carboxylic acids is 2. The number of fused-ring (bicyclic) bond motifs is 1. The molecule has 184 valence electrons. The number of nitrogens with zero attached hydrogens (tertiary/aromatic N) is 2. The van der Waals surface area contributed by atoms with Gasteiger partial charge < -0.3 is 9.80 Å². The van der Waals surface area contributed by atoms with E-state index in [0.717, 1.165) is 23.1 Å². The lowest BCUT2D eigenvalue weighted by Gasteiger charge is -2.38. The Morgan fingerprint density at radius 2 is 1.80 bits per heavy atom. The molecule has 35 heavy (non-hydrogen) atoms. The first-order chi connectivity index (χ1) is 16.9. The van der Waals surface area contributed by atoms with E-state index in [2.05, 4.69) is 25.3 Å². The van der Waals surface area contributed by atoms with Crippen LogP contribution in [0.4, 0.5) is 4.39 Å². The molecule has 0 saturated heterocycles. The Hall–Kier alpha value is -2.99. The minimum atomic E-state index is -0.298. The third kappa shape index (κ3) is 5.64. The first-order valence-electron chi connectivity index (χ1n) is 12.3. The molecule has 0 radical (unpaired) electrons. The third-order valence-corrected chi connectivity index (χ3v) is 7.60. The fourth-order valence-electron chi connectivity index (χ4n) is 4.98. The van der Waals surface area contributed by atoms with Gasteiger partial charge in [-0.2, -0.15) is 0 Å². The van der Waals surface area contributed by atoms with Crippen LogP contribution in [0.15, 0.2) is 66.0 Å². The molecular weight excluding hydrogens is 459 g/mol. The van der Waals surface area contributed by atoms with E-state index in [9.17, 15) is 14.0 Å². The number of halogens is 1. The summed E-state index contributed by atoms with van der Waals surface area (Å²) in [6.45, 7) is 7.28. The van der Waals surface area contributed by atoms with Gasteiger partial charge in [0, 0.05) is 18.0 Å². The van der Waals surface area contributed by atoms with E-state index in [-0.39, 0.29) is 42.1 Å². The van der Waals surface area contributed by atoms with Gasteiger partial charge in [-0.1, -0.05) is 63.2 Å². The highest BCUT2D eigenvalue weighted by molar-refractivity contribution is 7.10. The largest absolute Gasteiger partial charge is 0.333 e. The van der Waals surface area contributed by atoms with Gasteiger partial charge in [0.25, 0.3) is 0 Å². The number of benzene rings is 2. The Kier molecular flexibility index (Phi) is 8.01. The molecule has 1 aromatic heterocycles. The van der Waals surface area contributed by atoms with E-state index in [4.69, 9.17) is 0 Å². The van der Waals surface area contributed by atoms with Gasteiger partial charge in [0.2, 0.25) is 11.8 Å². The Morgan fingerprint density at radius 3 is 2.46 bits per heavy atom. The van der Waals surface area contributed by atoms with Crippen molar-refractivity contribution in [3.05, 3.63) is 93.4 Å². The second-order valence-corrected chi connectivity index (χ2v) is 10.6. The number of hydrogen-bond donors (Lipinski definition) is 0. The van der Waals surface area contributed by atoms with Crippen molar-refractivity contribution in [3.8, 4) is 0 Å². The highest BCUT2D eigenvalue weighted by Gasteiger charge is 2.35. The second-order valence-electron chi connectivity index (χ2n) is 9.57. The highest BCUT2D eigenvalue weighted by atomic mass is 32.1. The standard InChI is InChI=1S/C29H33FN2O2S/c1-4-24(21-8-6-5-7-9-21)29(34)31(18-20(2)3)19-27(33)32-16-14-26-25(15-17-35-26)28(32)22-10-12-23(30)13-11-22/h5-13,15,17,20,24,28H,4,14,16,18-19H2,1-3H3. The predicted molar refractivity (Wildman–Crippen MR) is 139 cm³/mol. The Balaban J connectivity index is 1.61. The molecule has 2 amide bonds. The van der Waals surface area contributed by atoms with Crippen LogP contribution in [0.25, 0.3) is 0 Å². The summed E-state index contributed by atoms with van der Waals surface area (Å²) in [5.74, 6) is -0.424. The average molecular weight is 493 g/mol. The van der Waals surface area contributed by atoms with Gasteiger partial charge in [0.15, 0.2) is 0 Å². The predicted octanol–water partition coefficient (Wildman–Crippen LogP) is 6.04. The summed E-state index contributed by atoms with van der Waals surface area (Å²) < 4.78 is 13.7. The van der Waals surface area contributed by atoms with Crippen molar-refractivity contribution in [2.75, 3.05) is 19.6 Å². The zero-order chi connectivity index (χ0) is 24.9. The quantitative estimate of drug-likeness (QED) is 0.385. The monoisotopic (exact) mass is 492 g/mol. The fraction of sp³-hybridized carbons (Fsp3) is 0.379. The lowest BCUT2D eigenvalue weighted by Crippen LogP contribution is -2.48. The smallest absolute Gasteiger partial charge is 0.242 e. The van der Waals surface area contributed by atoms with Gasteiger partial charge in [-0.15, -0.1) is 11.3 Å². The van der Waals surface area contributed by atoms with E-state index in [1.165, 1.54) is 17.0 Å². The summed E-state index contributed by atoms with van der Waals surface area (Å²) >= 11 is 1.70. The molecule has 1 aliphatic heterocycles. The van der Waals surface area contributed by atoms with Crippen LogP contribution in [-0.4, -0.2) is 41.2 Å². The lowest BCUT2D eigenvalue weighted by molar-refractivity contribution is -0.143. The van der Waals surface area contributed by atoms with Gasteiger partial charge in [-0.25, -0.2) is 4.39 Å². The molecular formula is C29H33FN2O2S. The third-order valence-electron chi connectivity index (χ3n) is 6.60. The summed E-state index contributed by atoms with van der Waals surface area (Å²) in [6, 6.07) is 18.0. The van der Waals surface area contributed by atoms with E-state index in [1.54, 1.807) is 28.4 Å². The first kappa shape index (κ1) is 25.1. The van der Waals surface area contributed by atoms with Crippen molar-refractivity contribution < 1.29 is 14.0 Å². The average Bonchev–Trinajstić information content (AvgIpc) is 3.33. The molecule has 0 saturated carbocycles. The Labute approximate surface area is 211 Å². The van der Waals surface area contributed by atoms with Crippen molar-refractivity contribution in [3.63, 3.8) is 0 Å². The van der Waals surface area contributed by atoms with Crippen LogP contribution in [0.3, 0.4) is 0 Å². The van der Waals surface area contributed by atoms with Crippen LogP contribution in [0, 0.1) is 11.7 Å². The highest BCUT2D eigenvalue weighted by Crippen LogP contribution is 2.38. The number of thiophene rings is 1. The summed E-state index contributed by atoms with van der Waals surface area (Å²) in [6.07, 6.45) is 1.46. The maximum absolute atomic E-state index is 13.8. The molecule has 2 unspecified atom stereocenters. The molecule has 2 aromatic carbocycles. The maximum Gasteiger partial charge on any atom is 0.242 e. The second kappa shape index (κ2) is 11.2. The van der Waals surface area contributed by atoms with Crippen LogP contribution in [-0.2, 0) is 16.0 Å². The molecule has 0 fully saturated rings. The Morgan fingerprint density at radius 1 is 1.09 bits per heavy atom. The zero-order valence-electron chi connectivity index (χ0n) is 20.6. The molecule has 3 aromatic rings. The van der Waals surface area contributed by atoms with Gasteiger partial charge in [0.1, 0.15) is 5.82 Å². The van der Waals surface area contributed by atoms with Crippen LogP contribution < -0.4 is 0 Å². The SMILES string of the molecule is CCC(C(=O)N(CC(=O)N1CCc2sccc2C1c1ccc(F)cc1)CC(C)C)c1ccccc1. The fourth-order valence-corrected chi connectivity index (χ4v) is 5.88. The minimum Gasteiger partial charge on any atom is -0.333 e. The van der Waals surface area contributed by atoms with Crippen molar-refractivity contribution in [2.45, 2.75) is 45.6 Å². The molecule has 0 spiro atoms. The van der Waals surface area contributed by atoms with Crippen LogP contribution in [0.5, 0.6) is 0 Å². The molecule has 6 heteroatoms. The van der Waals surface area contributed by atoms with Gasteiger partial charge in [-0.3, -0.25) is 9.59 Å². The van der Waals surface area contributed by atoms with Crippen LogP contribution in [0.2, 0.25) is 0 Å². The lowest BCUT2D eigenvalue weighted by atomic mass is 9.92. The number of hydrogen-bond acceptors (Lipinski definition) is 3. The summed E-state index contributed by atoms with van der Waals surface area (Å²) in [7, 11) is 0. The zero-order valence-corrected chi connectivity index (χ0v) is 21.4. The van der Waals surface area contributed by atoms with Gasteiger partial charge in [0.05, 0.1) is 18.5 Å².